The second-order valence-electron chi connectivity index (χ2n) is 7.13. The van der Waals surface area contributed by atoms with Gasteiger partial charge >= 0.3 is 0 Å². The lowest BCUT2D eigenvalue weighted by molar-refractivity contribution is 0.0642. The third-order valence-corrected chi connectivity index (χ3v) is 7.21. The molecule has 0 spiro atoms. The van der Waals surface area contributed by atoms with Crippen LogP contribution in [0.2, 0.25) is 0 Å². The normalized spacial score (nSPS) is 18.5. The van der Waals surface area contributed by atoms with E-state index >= 15 is 0 Å². The SMILES string of the molecule is Cc1ccc(C(=O)N2CCN(S(=O)(=O)c3c[nH]c4ncccc34)[C@H](C)C2)cc1. The number of hydrogen-bond acceptors (Lipinski definition) is 4. The predicted octanol–water partition coefficient (Wildman–Crippen LogP) is 2.41. The molecule has 1 atom stereocenters. The van der Waals surface area contributed by atoms with E-state index in [9.17, 15) is 13.2 Å². The quantitative estimate of drug-likeness (QED) is 0.734. The highest BCUT2D eigenvalue weighted by atomic mass is 32.2. The summed E-state index contributed by atoms with van der Waals surface area (Å²) in [7, 11) is -3.69. The number of sulfonamides is 1. The molecule has 0 saturated carbocycles. The van der Waals surface area contributed by atoms with Gasteiger partial charge in [-0.05, 0) is 38.1 Å². The van der Waals surface area contributed by atoms with Gasteiger partial charge in [0, 0.05) is 49.0 Å². The fraction of sp³-hybridized carbons (Fsp3) is 0.300. The number of amides is 1. The van der Waals surface area contributed by atoms with Crippen LogP contribution in [0.5, 0.6) is 0 Å². The van der Waals surface area contributed by atoms with Crippen molar-refractivity contribution in [1.29, 1.82) is 0 Å². The molecule has 8 heteroatoms. The van der Waals surface area contributed by atoms with Crippen molar-refractivity contribution in [3.63, 3.8) is 0 Å². The van der Waals surface area contributed by atoms with Crippen LogP contribution in [0, 0.1) is 6.92 Å². The molecule has 3 heterocycles. The number of pyridine rings is 1. The number of fused-ring (bicyclic) bond motifs is 1. The monoisotopic (exact) mass is 398 g/mol. The number of H-pyrrole nitrogens is 1. The molecular weight excluding hydrogens is 376 g/mol. The van der Waals surface area contributed by atoms with E-state index in [4.69, 9.17) is 0 Å². The summed E-state index contributed by atoms with van der Waals surface area (Å²) < 4.78 is 27.9. The van der Waals surface area contributed by atoms with E-state index in [1.165, 1.54) is 10.5 Å². The van der Waals surface area contributed by atoms with Gasteiger partial charge in [-0.3, -0.25) is 4.79 Å². The fourth-order valence-electron chi connectivity index (χ4n) is 3.63. The Morgan fingerprint density at radius 3 is 2.64 bits per heavy atom. The van der Waals surface area contributed by atoms with Crippen LogP contribution < -0.4 is 0 Å². The van der Waals surface area contributed by atoms with Gasteiger partial charge in [0.05, 0.1) is 0 Å². The van der Waals surface area contributed by atoms with Crippen molar-refractivity contribution in [1.82, 2.24) is 19.2 Å². The first kappa shape index (κ1) is 18.6. The van der Waals surface area contributed by atoms with E-state index in [0.717, 1.165) is 5.56 Å². The zero-order valence-electron chi connectivity index (χ0n) is 15.8. The lowest BCUT2D eigenvalue weighted by Crippen LogP contribution is -2.55. The van der Waals surface area contributed by atoms with Crippen LogP contribution in [0.1, 0.15) is 22.8 Å². The van der Waals surface area contributed by atoms with Crippen LogP contribution in [0.25, 0.3) is 11.0 Å². The zero-order valence-corrected chi connectivity index (χ0v) is 16.6. The van der Waals surface area contributed by atoms with E-state index < -0.39 is 10.0 Å². The third kappa shape index (κ3) is 3.18. The first-order valence-electron chi connectivity index (χ1n) is 9.18. The molecule has 1 aliphatic rings. The molecule has 1 aliphatic heterocycles. The van der Waals surface area contributed by atoms with E-state index in [1.807, 2.05) is 38.1 Å². The zero-order chi connectivity index (χ0) is 19.9. The molecule has 1 saturated heterocycles. The average Bonchev–Trinajstić information content (AvgIpc) is 3.13. The summed E-state index contributed by atoms with van der Waals surface area (Å²) in [6, 6.07) is 10.6. The number of hydrogen-bond donors (Lipinski definition) is 1. The summed E-state index contributed by atoms with van der Waals surface area (Å²) in [4.78, 5) is 21.8. The largest absolute Gasteiger partial charge is 0.345 e. The number of aryl methyl sites for hydroxylation is 1. The molecule has 7 nitrogen and oxygen atoms in total. The Balaban J connectivity index is 1.55. The molecule has 0 unspecified atom stereocenters. The number of aromatic amines is 1. The van der Waals surface area contributed by atoms with Gasteiger partial charge in [-0.1, -0.05) is 17.7 Å². The second-order valence-corrected chi connectivity index (χ2v) is 8.99. The third-order valence-electron chi connectivity index (χ3n) is 5.15. The Hall–Kier alpha value is -2.71. The highest BCUT2D eigenvalue weighted by Gasteiger charge is 2.36. The van der Waals surface area contributed by atoms with Crippen molar-refractivity contribution in [2.24, 2.45) is 0 Å². The fourth-order valence-corrected chi connectivity index (χ4v) is 5.40. The highest BCUT2D eigenvalue weighted by molar-refractivity contribution is 7.89. The second kappa shape index (κ2) is 7.03. The molecule has 1 N–H and O–H groups in total. The smallest absolute Gasteiger partial charge is 0.253 e. The minimum atomic E-state index is -3.69. The van der Waals surface area contributed by atoms with Crippen molar-refractivity contribution < 1.29 is 13.2 Å². The summed E-state index contributed by atoms with van der Waals surface area (Å²) in [5.74, 6) is -0.0693. The molecule has 1 aromatic carbocycles. The summed E-state index contributed by atoms with van der Waals surface area (Å²) in [5.41, 5.74) is 2.26. The molecule has 146 valence electrons. The van der Waals surface area contributed by atoms with Gasteiger partial charge in [-0.25, -0.2) is 13.4 Å². The van der Waals surface area contributed by atoms with Gasteiger partial charge in [0.1, 0.15) is 10.5 Å². The molecule has 0 radical (unpaired) electrons. The van der Waals surface area contributed by atoms with Crippen LogP contribution in [0.15, 0.2) is 53.7 Å². The first-order chi connectivity index (χ1) is 13.4. The molecule has 1 fully saturated rings. The standard InChI is InChI=1S/C20H22N4O3S/c1-14-5-7-16(8-6-14)20(25)23-10-11-24(15(2)13-23)28(26,27)18-12-22-19-17(18)4-3-9-21-19/h3-9,12,15H,10-11,13H2,1-2H3,(H,21,22)/t15-/m1/s1. The number of piperazine rings is 1. The number of rotatable bonds is 3. The van der Waals surface area contributed by atoms with Crippen molar-refractivity contribution in [3.05, 3.63) is 59.9 Å². The molecule has 4 rings (SSSR count). The lowest BCUT2D eigenvalue weighted by Gasteiger charge is -2.38. The van der Waals surface area contributed by atoms with Gasteiger partial charge < -0.3 is 9.88 Å². The number of benzene rings is 1. The molecule has 3 aromatic rings. The Bertz CT molecular complexity index is 1120. The van der Waals surface area contributed by atoms with Gasteiger partial charge in [-0.15, -0.1) is 0 Å². The van der Waals surface area contributed by atoms with Crippen molar-refractivity contribution >= 4 is 27.0 Å². The summed E-state index contributed by atoms with van der Waals surface area (Å²) in [5, 5.41) is 0.577. The van der Waals surface area contributed by atoms with Crippen molar-refractivity contribution in [2.75, 3.05) is 19.6 Å². The van der Waals surface area contributed by atoms with Crippen LogP contribution in [0.4, 0.5) is 0 Å². The van der Waals surface area contributed by atoms with Crippen LogP contribution in [-0.4, -0.2) is 59.2 Å². The van der Waals surface area contributed by atoms with Gasteiger partial charge in [0.15, 0.2) is 0 Å². The Labute approximate surface area is 164 Å². The van der Waals surface area contributed by atoms with Gasteiger partial charge in [0.2, 0.25) is 10.0 Å². The number of nitrogens with one attached hydrogen (secondary N) is 1. The number of nitrogens with zero attached hydrogens (tertiary/aromatic N) is 3. The van der Waals surface area contributed by atoms with Crippen LogP contribution in [0.3, 0.4) is 0 Å². The number of aromatic nitrogens is 2. The number of carbonyl (C=O) groups excluding carboxylic acids is 1. The molecule has 0 aliphatic carbocycles. The minimum Gasteiger partial charge on any atom is -0.345 e. The Morgan fingerprint density at radius 1 is 1.18 bits per heavy atom. The van der Waals surface area contributed by atoms with E-state index in [2.05, 4.69) is 9.97 Å². The summed E-state index contributed by atoms with van der Waals surface area (Å²) >= 11 is 0. The molecule has 28 heavy (non-hydrogen) atoms. The summed E-state index contributed by atoms with van der Waals surface area (Å²) in [6.07, 6.45) is 3.11. The van der Waals surface area contributed by atoms with Crippen molar-refractivity contribution in [3.8, 4) is 0 Å². The first-order valence-corrected chi connectivity index (χ1v) is 10.6. The van der Waals surface area contributed by atoms with Crippen LogP contribution in [-0.2, 0) is 10.0 Å². The topological polar surface area (TPSA) is 86.4 Å². The van der Waals surface area contributed by atoms with Gasteiger partial charge in [0.25, 0.3) is 5.91 Å². The Kier molecular flexibility index (Phi) is 4.68. The lowest BCUT2D eigenvalue weighted by atomic mass is 10.1. The van der Waals surface area contributed by atoms with E-state index in [-0.39, 0.29) is 23.4 Å². The highest BCUT2D eigenvalue weighted by Crippen LogP contribution is 2.27. The van der Waals surface area contributed by atoms with Gasteiger partial charge in [-0.2, -0.15) is 4.31 Å². The maximum absolute atomic E-state index is 13.2. The average molecular weight is 398 g/mol. The Morgan fingerprint density at radius 2 is 1.93 bits per heavy atom. The molecule has 0 bridgehead atoms. The maximum atomic E-state index is 13.2. The molecule has 2 aromatic heterocycles. The predicted molar refractivity (Wildman–Crippen MR) is 107 cm³/mol. The van der Waals surface area contributed by atoms with E-state index in [0.29, 0.717) is 29.7 Å². The minimum absolute atomic E-state index is 0.0693. The molecular formula is C20H22N4O3S. The van der Waals surface area contributed by atoms with E-state index in [1.54, 1.807) is 23.2 Å². The van der Waals surface area contributed by atoms with Crippen LogP contribution >= 0.6 is 0 Å². The number of carbonyl (C=O) groups is 1. The molecule has 1 amide bonds. The summed E-state index contributed by atoms with van der Waals surface area (Å²) in [6.45, 7) is 4.77. The van der Waals surface area contributed by atoms with Crippen molar-refractivity contribution in [2.45, 2.75) is 24.8 Å². The maximum Gasteiger partial charge on any atom is 0.253 e.